The Labute approximate surface area is 227 Å². The molecular weight excluding hydrogens is 536 g/mol. The van der Waals surface area contributed by atoms with Crippen molar-refractivity contribution in [2.24, 2.45) is 5.92 Å². The van der Waals surface area contributed by atoms with Gasteiger partial charge in [0.2, 0.25) is 0 Å². The average molecular weight is 572 g/mol. The Morgan fingerprint density at radius 3 is 2.46 bits per heavy atom. The van der Waals surface area contributed by atoms with E-state index < -0.39 is 17.7 Å². The van der Waals surface area contributed by atoms with Crippen LogP contribution in [0.15, 0.2) is 52.5 Å². The molecule has 0 aromatic heterocycles. The van der Waals surface area contributed by atoms with Gasteiger partial charge in [0.15, 0.2) is 0 Å². The molecule has 1 N–H and O–H groups in total. The number of halogens is 1. The van der Waals surface area contributed by atoms with E-state index in [2.05, 4.69) is 34.7 Å². The lowest BCUT2D eigenvalue weighted by Crippen LogP contribution is -2.38. The number of Topliss-reactive ketones (excluding diaryl/α,β-unsaturated/α-hetero) is 1. The summed E-state index contributed by atoms with van der Waals surface area (Å²) in [5, 5.41) is 11.4. The van der Waals surface area contributed by atoms with Crippen LogP contribution in [0.5, 0.6) is 5.75 Å². The largest absolute Gasteiger partial charge is 0.507 e. The van der Waals surface area contributed by atoms with Gasteiger partial charge < -0.3 is 19.5 Å². The number of hydrogen-bond acceptors (Lipinski definition) is 6. The van der Waals surface area contributed by atoms with Crippen LogP contribution in [0.4, 0.5) is 0 Å². The number of ether oxygens (including phenoxy) is 2. The minimum Gasteiger partial charge on any atom is -0.507 e. The van der Waals surface area contributed by atoms with Crippen molar-refractivity contribution < 1.29 is 24.2 Å². The number of ketones is 1. The molecule has 37 heavy (non-hydrogen) atoms. The second kappa shape index (κ2) is 12.2. The van der Waals surface area contributed by atoms with Crippen molar-refractivity contribution in [1.82, 2.24) is 9.80 Å². The van der Waals surface area contributed by atoms with Crippen molar-refractivity contribution in [2.45, 2.75) is 33.2 Å². The molecular formula is C29H35BrN2O5. The Morgan fingerprint density at radius 1 is 1.11 bits per heavy atom. The summed E-state index contributed by atoms with van der Waals surface area (Å²) in [4.78, 5) is 30.4. The summed E-state index contributed by atoms with van der Waals surface area (Å²) >= 11 is 3.46. The number of aryl methyl sites for hydroxylation is 1. The van der Waals surface area contributed by atoms with Gasteiger partial charge in [0, 0.05) is 36.2 Å². The molecule has 2 fully saturated rings. The quantitative estimate of drug-likeness (QED) is 0.261. The third-order valence-corrected chi connectivity index (χ3v) is 7.25. The maximum absolute atomic E-state index is 13.3. The highest BCUT2D eigenvalue weighted by Gasteiger charge is 2.45. The van der Waals surface area contributed by atoms with Crippen molar-refractivity contribution in [3.05, 3.63) is 69.2 Å². The molecule has 2 aliphatic heterocycles. The number of amides is 1. The van der Waals surface area contributed by atoms with Crippen LogP contribution in [-0.2, 0) is 14.3 Å². The monoisotopic (exact) mass is 570 g/mol. The van der Waals surface area contributed by atoms with E-state index in [4.69, 9.17) is 9.47 Å². The lowest BCUT2D eigenvalue weighted by atomic mass is 9.94. The van der Waals surface area contributed by atoms with Crippen molar-refractivity contribution in [1.29, 1.82) is 0 Å². The lowest BCUT2D eigenvalue weighted by molar-refractivity contribution is -0.140. The lowest BCUT2D eigenvalue weighted by Gasteiger charge is -2.29. The Bertz CT molecular complexity index is 1160. The summed E-state index contributed by atoms with van der Waals surface area (Å²) in [7, 11) is 0. The van der Waals surface area contributed by atoms with Gasteiger partial charge in [-0.3, -0.25) is 14.5 Å². The van der Waals surface area contributed by atoms with E-state index >= 15 is 0 Å². The number of aliphatic hydroxyl groups excluding tert-OH is 1. The van der Waals surface area contributed by atoms with Gasteiger partial charge >= 0.3 is 0 Å². The van der Waals surface area contributed by atoms with Crippen molar-refractivity contribution >= 4 is 33.4 Å². The smallest absolute Gasteiger partial charge is 0.295 e. The average Bonchev–Trinajstić information content (AvgIpc) is 3.13. The molecule has 1 amide bonds. The molecule has 2 saturated heterocycles. The van der Waals surface area contributed by atoms with Crippen LogP contribution in [0.3, 0.4) is 0 Å². The first-order valence-electron chi connectivity index (χ1n) is 12.8. The van der Waals surface area contributed by atoms with Crippen LogP contribution in [0.2, 0.25) is 0 Å². The van der Waals surface area contributed by atoms with E-state index in [1.165, 1.54) is 0 Å². The second-order valence-corrected chi connectivity index (χ2v) is 11.0. The van der Waals surface area contributed by atoms with Gasteiger partial charge in [0.05, 0.1) is 31.4 Å². The highest BCUT2D eigenvalue weighted by molar-refractivity contribution is 9.10. The van der Waals surface area contributed by atoms with E-state index in [0.29, 0.717) is 37.8 Å². The van der Waals surface area contributed by atoms with Crippen LogP contribution in [-0.4, -0.2) is 72.6 Å². The fourth-order valence-electron chi connectivity index (χ4n) is 4.76. The predicted molar refractivity (Wildman–Crippen MR) is 147 cm³/mol. The Morgan fingerprint density at radius 2 is 1.81 bits per heavy atom. The molecule has 2 heterocycles. The van der Waals surface area contributed by atoms with Gasteiger partial charge in [-0.2, -0.15) is 0 Å². The highest BCUT2D eigenvalue weighted by atomic mass is 79.9. The number of likely N-dealkylation sites (tertiary alicyclic amines) is 1. The second-order valence-electron chi connectivity index (χ2n) is 10.0. The Balaban J connectivity index is 1.65. The molecule has 2 aromatic rings. The topological polar surface area (TPSA) is 79.3 Å². The molecule has 2 aromatic carbocycles. The van der Waals surface area contributed by atoms with Crippen molar-refractivity contribution in [3.63, 3.8) is 0 Å². The summed E-state index contributed by atoms with van der Waals surface area (Å²) < 4.78 is 12.2. The van der Waals surface area contributed by atoms with Gasteiger partial charge in [-0.15, -0.1) is 0 Å². The number of nitrogens with zero attached hydrogens (tertiary/aromatic N) is 2. The standard InChI is InChI=1S/C29H35BrN2O5/c1-19(2)18-37-24-10-7-22(17-20(24)3)27(33)25-26(21-5-8-23(30)9-6-21)32(29(35)28(25)34)12-4-11-31-13-15-36-16-14-31/h5-10,17,19,26,33H,4,11-16,18H2,1-3H3/b27-25+/t26-/m1/s1. The van der Waals surface area contributed by atoms with Gasteiger partial charge in [0.25, 0.3) is 11.7 Å². The molecule has 2 aliphatic rings. The molecule has 7 nitrogen and oxygen atoms in total. The van der Waals surface area contributed by atoms with E-state index in [0.717, 1.165) is 47.4 Å². The fraction of sp³-hybridized carbons (Fsp3) is 0.448. The minimum atomic E-state index is -0.658. The number of morpholine rings is 1. The number of carbonyl (C=O) groups is 2. The maximum atomic E-state index is 13.3. The number of rotatable bonds is 9. The first kappa shape index (κ1) is 27.4. The summed E-state index contributed by atoms with van der Waals surface area (Å²) in [5.74, 6) is -0.281. The van der Waals surface area contributed by atoms with E-state index in [-0.39, 0.29) is 11.3 Å². The van der Waals surface area contributed by atoms with Crippen LogP contribution in [0, 0.1) is 12.8 Å². The molecule has 0 radical (unpaired) electrons. The van der Waals surface area contributed by atoms with E-state index in [1.807, 2.05) is 31.2 Å². The molecule has 198 valence electrons. The zero-order valence-corrected chi connectivity index (χ0v) is 23.3. The van der Waals surface area contributed by atoms with Gasteiger partial charge in [0.1, 0.15) is 11.5 Å². The molecule has 0 spiro atoms. The predicted octanol–water partition coefficient (Wildman–Crippen LogP) is 4.94. The van der Waals surface area contributed by atoms with Gasteiger partial charge in [-0.25, -0.2) is 0 Å². The van der Waals surface area contributed by atoms with Crippen LogP contribution in [0.1, 0.15) is 43.0 Å². The molecule has 0 unspecified atom stereocenters. The Hall–Kier alpha value is -2.68. The molecule has 1 atom stereocenters. The third-order valence-electron chi connectivity index (χ3n) is 6.72. The number of aliphatic hydroxyl groups is 1. The summed E-state index contributed by atoms with van der Waals surface area (Å²) in [6, 6.07) is 12.2. The molecule has 0 saturated carbocycles. The SMILES string of the molecule is Cc1cc(/C(O)=C2\C(=O)C(=O)N(CCCN3CCOCC3)[C@@H]2c2ccc(Br)cc2)ccc1OCC(C)C. The van der Waals surface area contributed by atoms with Gasteiger partial charge in [-0.1, -0.05) is 41.9 Å². The van der Waals surface area contributed by atoms with E-state index in [1.54, 1.807) is 23.1 Å². The summed E-state index contributed by atoms with van der Waals surface area (Å²) in [6.45, 7) is 11.0. The van der Waals surface area contributed by atoms with Crippen LogP contribution < -0.4 is 4.74 Å². The van der Waals surface area contributed by atoms with E-state index in [9.17, 15) is 14.7 Å². The zero-order chi connectivity index (χ0) is 26.5. The molecule has 0 aliphatic carbocycles. The summed E-state index contributed by atoms with van der Waals surface area (Å²) in [6.07, 6.45) is 0.723. The highest BCUT2D eigenvalue weighted by Crippen LogP contribution is 2.40. The molecule has 4 rings (SSSR count). The van der Waals surface area contributed by atoms with Crippen LogP contribution in [0.25, 0.3) is 5.76 Å². The Kier molecular flexibility index (Phi) is 9.05. The van der Waals surface area contributed by atoms with Crippen molar-refractivity contribution in [2.75, 3.05) is 46.0 Å². The minimum absolute atomic E-state index is 0.119. The summed E-state index contributed by atoms with van der Waals surface area (Å²) in [5.41, 5.74) is 2.24. The normalized spacial score (nSPS) is 20.1. The van der Waals surface area contributed by atoms with Crippen LogP contribution >= 0.6 is 15.9 Å². The molecule has 0 bridgehead atoms. The number of hydrogen-bond donors (Lipinski definition) is 1. The molecule has 8 heteroatoms. The number of benzene rings is 2. The first-order valence-corrected chi connectivity index (χ1v) is 13.6. The number of carbonyl (C=O) groups excluding carboxylic acids is 2. The third kappa shape index (κ3) is 6.43. The van der Waals surface area contributed by atoms with Crippen molar-refractivity contribution in [3.8, 4) is 5.75 Å². The van der Waals surface area contributed by atoms with Gasteiger partial charge in [-0.05, 0) is 60.7 Å². The fourth-order valence-corrected chi connectivity index (χ4v) is 5.03. The zero-order valence-electron chi connectivity index (χ0n) is 21.7. The maximum Gasteiger partial charge on any atom is 0.295 e. The first-order chi connectivity index (χ1) is 17.8.